The van der Waals surface area contributed by atoms with Gasteiger partial charge < -0.3 is 15.5 Å². The lowest BCUT2D eigenvalue weighted by atomic mass is 10.2. The predicted molar refractivity (Wildman–Crippen MR) is 100 cm³/mol. The summed E-state index contributed by atoms with van der Waals surface area (Å²) < 4.78 is 30.0. The molecule has 0 saturated carbocycles. The number of hydrogen-bond donors (Lipinski definition) is 1. The lowest BCUT2D eigenvalue weighted by Gasteiger charge is -2.30. The molecular formula is C17H23F2N5O2S. The molecule has 0 saturated heterocycles. The van der Waals surface area contributed by atoms with E-state index < -0.39 is 6.61 Å². The zero-order valence-electron chi connectivity index (χ0n) is 15.6. The van der Waals surface area contributed by atoms with Crippen LogP contribution in [0.2, 0.25) is 0 Å². The fraction of sp³-hybridized carbons (Fsp3) is 0.471. The highest BCUT2D eigenvalue weighted by Crippen LogP contribution is 2.24. The molecule has 0 aliphatic carbocycles. The molecule has 0 unspecified atom stereocenters. The molecule has 0 bridgehead atoms. The first-order valence-electron chi connectivity index (χ1n) is 8.40. The first kappa shape index (κ1) is 20.9. The Bertz CT molecular complexity index is 757. The second-order valence-corrected chi connectivity index (χ2v) is 7.30. The molecule has 1 aromatic carbocycles. The van der Waals surface area contributed by atoms with Crippen molar-refractivity contribution >= 4 is 17.7 Å². The van der Waals surface area contributed by atoms with Gasteiger partial charge in [-0.2, -0.15) is 8.78 Å². The standard InChI is InChI=1S/C17H23F2N5O2S/c1-10(2)23(11(3)4)14(25)9-27-17-22-21-15(24(17)20)12-5-7-13(8-6-12)26-16(18)19/h5-8,10-11,16H,9,20H2,1-4H3. The van der Waals surface area contributed by atoms with Crippen molar-refractivity contribution in [3.63, 3.8) is 0 Å². The summed E-state index contributed by atoms with van der Waals surface area (Å²) in [6.45, 7) is 4.98. The summed E-state index contributed by atoms with van der Waals surface area (Å²) in [5, 5.41) is 8.42. The van der Waals surface area contributed by atoms with Gasteiger partial charge in [-0.25, -0.2) is 4.68 Å². The van der Waals surface area contributed by atoms with Gasteiger partial charge in [0, 0.05) is 17.6 Å². The van der Waals surface area contributed by atoms with Gasteiger partial charge in [-0.3, -0.25) is 4.79 Å². The van der Waals surface area contributed by atoms with Crippen LogP contribution < -0.4 is 10.6 Å². The minimum absolute atomic E-state index is 0.0111. The van der Waals surface area contributed by atoms with Crippen LogP contribution in [-0.4, -0.2) is 50.1 Å². The van der Waals surface area contributed by atoms with Crippen LogP contribution in [0.5, 0.6) is 5.75 Å². The zero-order chi connectivity index (χ0) is 20.1. The molecule has 0 aliphatic rings. The predicted octanol–water partition coefficient (Wildman–Crippen LogP) is 3.00. The Morgan fingerprint density at radius 2 is 1.78 bits per heavy atom. The minimum Gasteiger partial charge on any atom is -0.435 e. The number of hydrogen-bond acceptors (Lipinski definition) is 6. The Morgan fingerprint density at radius 3 is 2.30 bits per heavy atom. The van der Waals surface area contributed by atoms with Crippen LogP contribution in [0.3, 0.4) is 0 Å². The lowest BCUT2D eigenvalue weighted by molar-refractivity contribution is -0.131. The van der Waals surface area contributed by atoms with E-state index in [9.17, 15) is 13.6 Å². The van der Waals surface area contributed by atoms with Crippen LogP contribution in [0, 0.1) is 0 Å². The van der Waals surface area contributed by atoms with E-state index in [0.29, 0.717) is 16.5 Å². The van der Waals surface area contributed by atoms with E-state index in [4.69, 9.17) is 5.84 Å². The van der Waals surface area contributed by atoms with Gasteiger partial charge in [0.1, 0.15) is 5.75 Å². The summed E-state index contributed by atoms with van der Waals surface area (Å²) in [7, 11) is 0. The van der Waals surface area contributed by atoms with Gasteiger partial charge >= 0.3 is 6.61 Å². The molecule has 1 heterocycles. The first-order valence-corrected chi connectivity index (χ1v) is 9.39. The molecule has 2 rings (SSSR count). The van der Waals surface area contributed by atoms with Crippen molar-refractivity contribution in [2.24, 2.45) is 0 Å². The van der Waals surface area contributed by atoms with E-state index in [0.717, 1.165) is 0 Å². The van der Waals surface area contributed by atoms with Gasteiger partial charge in [0.15, 0.2) is 5.82 Å². The fourth-order valence-corrected chi connectivity index (χ4v) is 3.46. The van der Waals surface area contributed by atoms with Crippen molar-refractivity contribution in [1.29, 1.82) is 0 Å². The van der Waals surface area contributed by atoms with Crippen molar-refractivity contribution in [3.8, 4) is 17.1 Å². The summed E-state index contributed by atoms with van der Waals surface area (Å²) in [5.41, 5.74) is 0.593. The maximum atomic E-state index is 12.4. The van der Waals surface area contributed by atoms with Crippen LogP contribution in [0.25, 0.3) is 11.4 Å². The highest BCUT2D eigenvalue weighted by molar-refractivity contribution is 7.99. The number of alkyl halides is 2. The summed E-state index contributed by atoms with van der Waals surface area (Å²) in [5.74, 6) is 6.61. The Labute approximate surface area is 160 Å². The molecule has 2 aromatic rings. The normalized spacial score (nSPS) is 11.4. The third kappa shape index (κ3) is 5.31. The molecule has 10 heteroatoms. The molecule has 7 nitrogen and oxygen atoms in total. The minimum atomic E-state index is -2.88. The number of ether oxygens (including phenoxy) is 1. The highest BCUT2D eigenvalue weighted by atomic mass is 32.2. The summed E-state index contributed by atoms with van der Waals surface area (Å²) in [6.07, 6.45) is 0. The van der Waals surface area contributed by atoms with E-state index in [1.54, 1.807) is 17.0 Å². The van der Waals surface area contributed by atoms with Crippen molar-refractivity contribution in [2.75, 3.05) is 11.6 Å². The summed E-state index contributed by atoms with van der Waals surface area (Å²) in [6, 6.07) is 6.11. The van der Waals surface area contributed by atoms with Crippen LogP contribution >= 0.6 is 11.8 Å². The van der Waals surface area contributed by atoms with Gasteiger partial charge in [0.25, 0.3) is 0 Å². The number of halogens is 2. The molecule has 0 atom stereocenters. The number of amides is 1. The van der Waals surface area contributed by atoms with E-state index in [1.165, 1.54) is 28.6 Å². The quantitative estimate of drug-likeness (QED) is 0.542. The molecule has 148 valence electrons. The van der Waals surface area contributed by atoms with Gasteiger partial charge in [-0.05, 0) is 52.0 Å². The molecule has 27 heavy (non-hydrogen) atoms. The monoisotopic (exact) mass is 399 g/mol. The van der Waals surface area contributed by atoms with Crippen LogP contribution in [0.15, 0.2) is 29.4 Å². The lowest BCUT2D eigenvalue weighted by Crippen LogP contribution is -2.43. The van der Waals surface area contributed by atoms with E-state index in [1.807, 2.05) is 27.7 Å². The van der Waals surface area contributed by atoms with Gasteiger partial charge in [0.05, 0.1) is 5.75 Å². The topological polar surface area (TPSA) is 86.3 Å². The Morgan fingerprint density at radius 1 is 1.19 bits per heavy atom. The molecule has 0 spiro atoms. The average molecular weight is 399 g/mol. The maximum Gasteiger partial charge on any atom is 0.387 e. The maximum absolute atomic E-state index is 12.4. The largest absolute Gasteiger partial charge is 0.435 e. The second-order valence-electron chi connectivity index (χ2n) is 6.36. The number of aromatic nitrogens is 3. The molecule has 0 aliphatic heterocycles. The van der Waals surface area contributed by atoms with Gasteiger partial charge in [-0.15, -0.1) is 10.2 Å². The Kier molecular flexibility index (Phi) is 7.00. The number of nitrogens with zero attached hydrogens (tertiary/aromatic N) is 4. The highest BCUT2D eigenvalue weighted by Gasteiger charge is 2.21. The Balaban J connectivity index is 2.07. The summed E-state index contributed by atoms with van der Waals surface area (Å²) >= 11 is 1.19. The van der Waals surface area contributed by atoms with Crippen molar-refractivity contribution < 1.29 is 18.3 Å². The first-order chi connectivity index (χ1) is 12.7. The van der Waals surface area contributed by atoms with E-state index in [-0.39, 0.29) is 29.5 Å². The molecule has 2 N–H and O–H groups in total. The number of nitrogens with two attached hydrogens (primary N) is 1. The molecule has 0 radical (unpaired) electrons. The number of carbonyl (C=O) groups excluding carboxylic acids is 1. The molecule has 1 amide bonds. The molecule has 0 fully saturated rings. The van der Waals surface area contributed by atoms with Crippen molar-refractivity contribution in [1.82, 2.24) is 19.8 Å². The van der Waals surface area contributed by atoms with Crippen LogP contribution in [0.4, 0.5) is 8.78 Å². The van der Waals surface area contributed by atoms with Crippen LogP contribution in [-0.2, 0) is 4.79 Å². The van der Waals surface area contributed by atoms with Gasteiger partial charge in [-0.1, -0.05) is 11.8 Å². The van der Waals surface area contributed by atoms with Gasteiger partial charge in [0.2, 0.25) is 11.1 Å². The van der Waals surface area contributed by atoms with Crippen molar-refractivity contribution in [3.05, 3.63) is 24.3 Å². The number of nitrogen functional groups attached to an aromatic ring is 1. The number of benzene rings is 1. The third-order valence-corrected chi connectivity index (χ3v) is 4.66. The number of carbonyl (C=O) groups is 1. The smallest absolute Gasteiger partial charge is 0.387 e. The third-order valence-electron chi connectivity index (χ3n) is 3.73. The number of thioether (sulfide) groups is 1. The SMILES string of the molecule is CC(C)N(C(=O)CSc1nnc(-c2ccc(OC(F)F)cc2)n1N)C(C)C. The zero-order valence-corrected chi connectivity index (χ0v) is 16.4. The van der Waals surface area contributed by atoms with Crippen LogP contribution in [0.1, 0.15) is 27.7 Å². The molecule has 1 aromatic heterocycles. The van der Waals surface area contributed by atoms with E-state index in [2.05, 4.69) is 14.9 Å². The fourth-order valence-electron chi connectivity index (χ4n) is 2.73. The second kappa shape index (κ2) is 9.03. The van der Waals surface area contributed by atoms with E-state index >= 15 is 0 Å². The summed E-state index contributed by atoms with van der Waals surface area (Å²) in [4.78, 5) is 14.2. The van der Waals surface area contributed by atoms with Crippen molar-refractivity contribution in [2.45, 2.75) is 51.5 Å². The molecular weight excluding hydrogens is 376 g/mol. The number of rotatable bonds is 8. The Hall–Kier alpha value is -2.36. The average Bonchev–Trinajstić information content (AvgIpc) is 2.93.